The van der Waals surface area contributed by atoms with Gasteiger partial charge >= 0.3 is 5.95 Å². The van der Waals surface area contributed by atoms with Gasteiger partial charge in [0, 0.05) is 18.4 Å². The van der Waals surface area contributed by atoms with E-state index in [0.717, 1.165) is 35.3 Å². The Balaban J connectivity index is 1.51. The number of nitrogens with two attached hydrogens (primary N) is 1. The Hall–Kier alpha value is -4.51. The number of likely N-dealkylation sites (N-methyl/N-ethyl adjacent to an activating group) is 1. The van der Waals surface area contributed by atoms with Crippen LogP contribution in [-0.2, 0) is 11.2 Å². The van der Waals surface area contributed by atoms with E-state index in [-0.39, 0.29) is 17.2 Å². The van der Waals surface area contributed by atoms with Crippen molar-refractivity contribution in [2.75, 3.05) is 42.7 Å². The molecule has 0 bridgehead atoms. The SMILES string of the molecule is Cc1cc2c(cc1Nc1nc(Nc3cccc(F)c3C(N)=O)c3cc[nH]c3[nH+]1)N(C(=O)CN(C)C)CCC2. The van der Waals surface area contributed by atoms with Crippen LogP contribution in [0.25, 0.3) is 11.0 Å². The van der Waals surface area contributed by atoms with Gasteiger partial charge in [-0.15, -0.1) is 0 Å². The largest absolute Gasteiger partial charge is 0.365 e. The zero-order valence-electron chi connectivity index (χ0n) is 21.5. The second-order valence-electron chi connectivity index (χ2n) is 9.66. The molecule has 0 atom stereocenters. The van der Waals surface area contributed by atoms with E-state index in [1.807, 2.05) is 43.0 Å². The van der Waals surface area contributed by atoms with Gasteiger partial charge in [0.05, 0.1) is 28.9 Å². The van der Waals surface area contributed by atoms with Crippen molar-refractivity contribution in [3.63, 3.8) is 0 Å². The van der Waals surface area contributed by atoms with Gasteiger partial charge < -0.3 is 20.9 Å². The Morgan fingerprint density at radius 2 is 2.03 bits per heavy atom. The number of nitrogens with zero attached hydrogens (tertiary/aromatic N) is 3. The van der Waals surface area contributed by atoms with Crippen molar-refractivity contribution in [1.29, 1.82) is 0 Å². The first kappa shape index (κ1) is 25.2. The minimum Gasteiger partial charge on any atom is -0.365 e. The third-order valence-electron chi connectivity index (χ3n) is 6.53. The monoisotopic (exact) mass is 517 g/mol. The number of carbonyl (C=O) groups excluding carboxylic acids is 2. The van der Waals surface area contributed by atoms with E-state index in [1.54, 1.807) is 12.3 Å². The maximum atomic E-state index is 14.3. The molecule has 1 aliphatic rings. The first-order valence-electron chi connectivity index (χ1n) is 12.3. The molecule has 0 saturated heterocycles. The van der Waals surface area contributed by atoms with Gasteiger partial charge in [0.15, 0.2) is 0 Å². The Labute approximate surface area is 219 Å². The van der Waals surface area contributed by atoms with E-state index >= 15 is 0 Å². The summed E-state index contributed by atoms with van der Waals surface area (Å²) in [5.74, 6) is -0.741. The number of aromatic nitrogens is 3. The number of aromatic amines is 2. The van der Waals surface area contributed by atoms with Crippen molar-refractivity contribution < 1.29 is 19.0 Å². The van der Waals surface area contributed by atoms with Crippen LogP contribution in [-0.4, -0.2) is 53.9 Å². The van der Waals surface area contributed by atoms with E-state index < -0.39 is 11.7 Å². The number of nitrogens with one attached hydrogen (secondary N) is 4. The molecule has 4 aromatic rings. The van der Waals surface area contributed by atoms with Crippen molar-refractivity contribution in [3.05, 3.63) is 65.1 Å². The van der Waals surface area contributed by atoms with Gasteiger partial charge in [0.25, 0.3) is 5.91 Å². The molecule has 1 aliphatic heterocycles. The smallest absolute Gasteiger partial charge is 0.351 e. The molecule has 0 fully saturated rings. The lowest BCUT2D eigenvalue weighted by Crippen LogP contribution is -2.40. The van der Waals surface area contributed by atoms with Crippen molar-refractivity contribution >= 4 is 51.7 Å². The Kier molecular flexibility index (Phi) is 6.68. The standard InChI is InChI=1S/C27H29FN8O2/c1-15-12-16-6-5-11-36(22(37)14-35(2)3)21(16)13-20(15)32-27-33-25-17(9-10-30-25)26(34-27)31-19-8-4-7-18(28)23(19)24(29)38/h4,7-10,12-13H,5-6,11,14H2,1-3H3,(H2,29,38)(H3,30,31,32,33,34)/p+1. The molecule has 38 heavy (non-hydrogen) atoms. The predicted molar refractivity (Wildman–Crippen MR) is 145 cm³/mol. The summed E-state index contributed by atoms with van der Waals surface area (Å²) in [5, 5.41) is 7.11. The average Bonchev–Trinajstić information content (AvgIpc) is 3.32. The van der Waals surface area contributed by atoms with E-state index in [4.69, 9.17) is 5.73 Å². The summed E-state index contributed by atoms with van der Waals surface area (Å²) in [6, 6.07) is 10.1. The van der Waals surface area contributed by atoms with E-state index in [1.165, 1.54) is 12.1 Å². The maximum Gasteiger partial charge on any atom is 0.351 e. The third-order valence-corrected chi connectivity index (χ3v) is 6.53. The number of carbonyl (C=O) groups is 2. The van der Waals surface area contributed by atoms with Crippen molar-refractivity contribution in [2.45, 2.75) is 19.8 Å². The summed E-state index contributed by atoms with van der Waals surface area (Å²) in [4.78, 5) is 39.6. The summed E-state index contributed by atoms with van der Waals surface area (Å²) >= 11 is 0. The van der Waals surface area contributed by atoms with Crippen LogP contribution < -0.4 is 26.3 Å². The highest BCUT2D eigenvalue weighted by molar-refractivity contribution is 6.00. The normalized spacial score (nSPS) is 13.0. The lowest BCUT2D eigenvalue weighted by atomic mass is 9.98. The third kappa shape index (κ3) is 4.88. The van der Waals surface area contributed by atoms with Gasteiger partial charge in [-0.2, -0.15) is 0 Å². The number of anilines is 5. The Morgan fingerprint density at radius 1 is 1.21 bits per heavy atom. The van der Waals surface area contributed by atoms with Crippen LogP contribution in [0.5, 0.6) is 0 Å². The van der Waals surface area contributed by atoms with Gasteiger partial charge in [-0.1, -0.05) is 17.1 Å². The van der Waals surface area contributed by atoms with Crippen LogP contribution in [0, 0.1) is 12.7 Å². The molecular weight excluding hydrogens is 487 g/mol. The molecule has 0 radical (unpaired) electrons. The number of halogens is 1. The summed E-state index contributed by atoms with van der Waals surface area (Å²) in [6.07, 6.45) is 3.57. The Bertz CT molecular complexity index is 1550. The molecule has 6 N–H and O–H groups in total. The van der Waals surface area contributed by atoms with Crippen LogP contribution in [0.2, 0.25) is 0 Å². The van der Waals surface area contributed by atoms with E-state index in [9.17, 15) is 14.0 Å². The molecule has 2 aromatic carbocycles. The highest BCUT2D eigenvalue weighted by Crippen LogP contribution is 2.34. The van der Waals surface area contributed by atoms with Gasteiger partial charge in [0.2, 0.25) is 17.4 Å². The molecule has 0 spiro atoms. The second-order valence-corrected chi connectivity index (χ2v) is 9.66. The molecule has 2 amide bonds. The van der Waals surface area contributed by atoms with Crippen molar-refractivity contribution in [1.82, 2.24) is 14.9 Å². The maximum absolute atomic E-state index is 14.3. The molecule has 0 saturated carbocycles. The number of benzene rings is 2. The van der Waals surface area contributed by atoms with Crippen molar-refractivity contribution in [2.24, 2.45) is 5.73 Å². The number of hydrogen-bond donors (Lipinski definition) is 4. The number of H-pyrrole nitrogens is 2. The summed E-state index contributed by atoms with van der Waals surface area (Å²) in [7, 11) is 3.76. The lowest BCUT2D eigenvalue weighted by molar-refractivity contribution is -0.333. The second kappa shape index (κ2) is 10.1. The zero-order chi connectivity index (χ0) is 27.0. The fourth-order valence-corrected chi connectivity index (χ4v) is 4.78. The van der Waals surface area contributed by atoms with Crippen LogP contribution >= 0.6 is 0 Å². The topological polar surface area (TPSA) is 134 Å². The predicted octanol–water partition coefficient (Wildman–Crippen LogP) is 3.25. The van der Waals surface area contributed by atoms with Crippen LogP contribution in [0.3, 0.4) is 0 Å². The van der Waals surface area contributed by atoms with Crippen molar-refractivity contribution in [3.8, 4) is 0 Å². The fourth-order valence-electron chi connectivity index (χ4n) is 4.78. The van der Waals surface area contributed by atoms with Crippen LogP contribution in [0.1, 0.15) is 27.9 Å². The summed E-state index contributed by atoms with van der Waals surface area (Å²) in [6.45, 7) is 3.00. The number of aryl methyl sites for hydroxylation is 2. The van der Waals surface area contributed by atoms with Crippen LogP contribution in [0.15, 0.2) is 42.6 Å². The molecule has 0 unspecified atom stereocenters. The van der Waals surface area contributed by atoms with E-state index in [0.29, 0.717) is 35.9 Å². The number of fused-ring (bicyclic) bond motifs is 2. The van der Waals surface area contributed by atoms with Gasteiger partial charge in [-0.25, -0.2) is 9.37 Å². The molecule has 5 rings (SSSR count). The van der Waals surface area contributed by atoms with Gasteiger partial charge in [-0.3, -0.25) is 19.9 Å². The van der Waals surface area contributed by atoms with E-state index in [2.05, 4.69) is 31.7 Å². The quantitative estimate of drug-likeness (QED) is 0.297. The molecule has 0 aliphatic carbocycles. The summed E-state index contributed by atoms with van der Waals surface area (Å²) < 4.78 is 14.3. The molecule has 2 aromatic heterocycles. The molecule has 196 valence electrons. The number of rotatable bonds is 7. The first-order valence-corrected chi connectivity index (χ1v) is 12.3. The number of amides is 2. The lowest BCUT2D eigenvalue weighted by Gasteiger charge is -2.31. The molecule has 3 heterocycles. The number of hydrogen-bond acceptors (Lipinski definition) is 6. The molecule has 11 heteroatoms. The molecular formula is C27H30FN8O2+. The number of primary amides is 1. The first-order chi connectivity index (χ1) is 18.2. The minimum absolute atomic E-state index is 0.0510. The van der Waals surface area contributed by atoms with Crippen LogP contribution in [0.4, 0.5) is 33.2 Å². The Morgan fingerprint density at radius 3 is 2.79 bits per heavy atom. The summed E-state index contributed by atoms with van der Waals surface area (Å²) in [5.41, 5.74) is 9.89. The highest BCUT2D eigenvalue weighted by Gasteiger charge is 2.25. The zero-order valence-corrected chi connectivity index (χ0v) is 21.5. The molecule has 10 nitrogen and oxygen atoms in total. The fraction of sp³-hybridized carbons (Fsp3) is 0.259. The van der Waals surface area contributed by atoms with Gasteiger partial charge in [0.1, 0.15) is 5.82 Å². The average molecular weight is 518 g/mol. The van der Waals surface area contributed by atoms with Gasteiger partial charge in [-0.05, 0) is 69.3 Å². The minimum atomic E-state index is -0.880. The highest BCUT2D eigenvalue weighted by atomic mass is 19.1.